The van der Waals surface area contributed by atoms with Crippen molar-refractivity contribution >= 4 is 5.69 Å². The Hall–Kier alpha value is -1.35. The second kappa shape index (κ2) is 7.01. The first-order chi connectivity index (χ1) is 7.83. The Morgan fingerprint density at radius 2 is 2.38 bits per heavy atom. The molecule has 88 valence electrons. The summed E-state index contributed by atoms with van der Waals surface area (Å²) < 4.78 is 0. The quantitative estimate of drug-likeness (QED) is 0.713. The van der Waals surface area contributed by atoms with Crippen molar-refractivity contribution in [2.24, 2.45) is 0 Å². The van der Waals surface area contributed by atoms with E-state index < -0.39 is 0 Å². The fourth-order valence-corrected chi connectivity index (χ4v) is 1.78. The number of nitrogens with zero attached hydrogens (tertiary/aromatic N) is 2. The zero-order valence-corrected chi connectivity index (χ0v) is 10.2. The van der Waals surface area contributed by atoms with Crippen molar-refractivity contribution in [3.8, 4) is 0 Å². The largest absolute Gasteiger partial charge is 0.366 e. The van der Waals surface area contributed by atoms with Gasteiger partial charge < -0.3 is 10.2 Å². The fourth-order valence-electron chi connectivity index (χ4n) is 1.78. The highest BCUT2D eigenvalue weighted by Crippen LogP contribution is 2.19. The van der Waals surface area contributed by atoms with E-state index in [1.165, 1.54) is 11.3 Å². The van der Waals surface area contributed by atoms with Gasteiger partial charge in [0.25, 0.3) is 0 Å². The van der Waals surface area contributed by atoms with Gasteiger partial charge in [-0.2, -0.15) is 0 Å². The first-order valence-corrected chi connectivity index (χ1v) is 5.76. The third-order valence-corrected chi connectivity index (χ3v) is 2.44. The first kappa shape index (κ1) is 12.7. The van der Waals surface area contributed by atoms with Crippen LogP contribution in [0.4, 0.5) is 5.69 Å². The smallest absolute Gasteiger partial charge is 0.0601 e. The molecule has 0 spiro atoms. The van der Waals surface area contributed by atoms with Crippen molar-refractivity contribution in [2.45, 2.75) is 19.9 Å². The molecule has 1 N–H and O–H groups in total. The highest BCUT2D eigenvalue weighted by atomic mass is 15.1. The molecule has 0 bridgehead atoms. The number of rotatable bonds is 7. The van der Waals surface area contributed by atoms with E-state index in [1.807, 2.05) is 25.5 Å². The normalized spacial score (nSPS) is 10.1. The Kier molecular flexibility index (Phi) is 5.57. The Balaban J connectivity index is 2.92. The van der Waals surface area contributed by atoms with Crippen LogP contribution in [0.15, 0.2) is 31.1 Å². The summed E-state index contributed by atoms with van der Waals surface area (Å²) in [6.07, 6.45) is 6.84. The van der Waals surface area contributed by atoms with E-state index in [4.69, 9.17) is 0 Å². The van der Waals surface area contributed by atoms with Crippen LogP contribution in [-0.2, 0) is 6.54 Å². The molecule has 0 amide bonds. The predicted octanol–water partition coefficient (Wildman–Crippen LogP) is 2.20. The second-order valence-corrected chi connectivity index (χ2v) is 3.77. The molecule has 0 unspecified atom stereocenters. The lowest BCUT2D eigenvalue weighted by Gasteiger charge is -2.24. The molecule has 0 aliphatic heterocycles. The van der Waals surface area contributed by atoms with Crippen molar-refractivity contribution in [1.29, 1.82) is 0 Å². The summed E-state index contributed by atoms with van der Waals surface area (Å²) in [5.74, 6) is 0. The minimum atomic E-state index is 0.870. The highest BCUT2D eigenvalue weighted by molar-refractivity contribution is 5.52. The first-order valence-electron chi connectivity index (χ1n) is 5.76. The summed E-state index contributed by atoms with van der Waals surface area (Å²) in [5.41, 5.74) is 2.49. The summed E-state index contributed by atoms with van der Waals surface area (Å²) in [4.78, 5) is 6.52. The van der Waals surface area contributed by atoms with Gasteiger partial charge >= 0.3 is 0 Å². The van der Waals surface area contributed by atoms with Gasteiger partial charge in [0.2, 0.25) is 0 Å². The van der Waals surface area contributed by atoms with E-state index in [2.05, 4.69) is 34.8 Å². The Labute approximate surface area is 98.2 Å². The molecule has 3 nitrogen and oxygen atoms in total. The van der Waals surface area contributed by atoms with Crippen LogP contribution in [0.3, 0.4) is 0 Å². The zero-order chi connectivity index (χ0) is 11.8. The van der Waals surface area contributed by atoms with Crippen molar-refractivity contribution in [3.05, 3.63) is 36.7 Å². The van der Waals surface area contributed by atoms with Crippen LogP contribution in [0.5, 0.6) is 0 Å². The molecule has 1 heterocycles. The number of hydrogen-bond acceptors (Lipinski definition) is 3. The molecule has 0 aromatic carbocycles. The second-order valence-electron chi connectivity index (χ2n) is 3.77. The lowest BCUT2D eigenvalue weighted by molar-refractivity contribution is 0.778. The Morgan fingerprint density at radius 3 is 3.00 bits per heavy atom. The van der Waals surface area contributed by atoms with E-state index >= 15 is 0 Å². The molecular formula is C13H21N3. The molecule has 3 heteroatoms. The molecule has 0 radical (unpaired) electrons. The maximum absolute atomic E-state index is 4.21. The van der Waals surface area contributed by atoms with Gasteiger partial charge in [0.1, 0.15) is 0 Å². The number of aromatic nitrogens is 1. The van der Waals surface area contributed by atoms with Crippen molar-refractivity contribution < 1.29 is 0 Å². The van der Waals surface area contributed by atoms with Gasteiger partial charge in [-0.25, -0.2) is 0 Å². The van der Waals surface area contributed by atoms with Gasteiger partial charge in [-0.3, -0.25) is 4.98 Å². The van der Waals surface area contributed by atoms with Gasteiger partial charge in [-0.05, 0) is 25.1 Å². The minimum Gasteiger partial charge on any atom is -0.366 e. The lowest BCUT2D eigenvalue weighted by Crippen LogP contribution is -2.26. The maximum atomic E-state index is 4.21. The minimum absolute atomic E-state index is 0.870. The maximum Gasteiger partial charge on any atom is 0.0601 e. The van der Waals surface area contributed by atoms with E-state index in [0.717, 1.165) is 26.1 Å². The zero-order valence-electron chi connectivity index (χ0n) is 10.2. The molecule has 0 aliphatic rings. The van der Waals surface area contributed by atoms with Gasteiger partial charge in [0, 0.05) is 25.8 Å². The van der Waals surface area contributed by atoms with Gasteiger partial charge in [0.05, 0.1) is 11.9 Å². The average molecular weight is 219 g/mol. The molecule has 1 aromatic heterocycles. The Morgan fingerprint density at radius 1 is 1.56 bits per heavy atom. The van der Waals surface area contributed by atoms with Crippen LogP contribution >= 0.6 is 0 Å². The van der Waals surface area contributed by atoms with Crippen LogP contribution < -0.4 is 10.2 Å². The summed E-state index contributed by atoms with van der Waals surface area (Å²) in [7, 11) is 1.96. The Bertz CT molecular complexity index is 323. The number of pyridine rings is 1. The summed E-state index contributed by atoms with van der Waals surface area (Å²) >= 11 is 0. The fraction of sp³-hybridized carbons (Fsp3) is 0.462. The van der Waals surface area contributed by atoms with Crippen molar-refractivity contribution in [2.75, 3.05) is 25.0 Å². The molecule has 0 atom stereocenters. The number of nitrogens with one attached hydrogen (secondary N) is 1. The molecule has 16 heavy (non-hydrogen) atoms. The third-order valence-electron chi connectivity index (χ3n) is 2.44. The van der Waals surface area contributed by atoms with Crippen molar-refractivity contribution in [3.63, 3.8) is 0 Å². The standard InChI is InChI=1S/C13H21N3/c1-4-8-16(9-5-2)13-11-15-7-6-12(13)10-14-3/h4,6-7,11,14H,1,5,8-10H2,2-3H3. The lowest BCUT2D eigenvalue weighted by atomic mass is 10.2. The summed E-state index contributed by atoms with van der Waals surface area (Å²) in [5, 5.41) is 3.18. The van der Waals surface area contributed by atoms with E-state index in [-0.39, 0.29) is 0 Å². The summed E-state index contributed by atoms with van der Waals surface area (Å²) in [6, 6.07) is 2.07. The van der Waals surface area contributed by atoms with Crippen LogP contribution in [0.1, 0.15) is 18.9 Å². The van der Waals surface area contributed by atoms with Gasteiger partial charge in [-0.1, -0.05) is 13.0 Å². The molecule has 1 rings (SSSR count). The van der Waals surface area contributed by atoms with Crippen LogP contribution in [-0.4, -0.2) is 25.1 Å². The van der Waals surface area contributed by atoms with Crippen LogP contribution in [0.25, 0.3) is 0 Å². The SMILES string of the molecule is C=CCN(CCC)c1cnccc1CNC. The molecular weight excluding hydrogens is 198 g/mol. The molecule has 0 saturated carbocycles. The van der Waals surface area contributed by atoms with Gasteiger partial charge in [0.15, 0.2) is 0 Å². The van der Waals surface area contributed by atoms with E-state index in [0.29, 0.717) is 0 Å². The number of hydrogen-bond donors (Lipinski definition) is 1. The topological polar surface area (TPSA) is 28.2 Å². The van der Waals surface area contributed by atoms with Crippen molar-refractivity contribution in [1.82, 2.24) is 10.3 Å². The van der Waals surface area contributed by atoms with Gasteiger partial charge in [-0.15, -0.1) is 6.58 Å². The monoisotopic (exact) mass is 219 g/mol. The molecule has 1 aromatic rings. The number of anilines is 1. The molecule has 0 fully saturated rings. The predicted molar refractivity (Wildman–Crippen MR) is 69.7 cm³/mol. The third kappa shape index (κ3) is 3.35. The summed E-state index contributed by atoms with van der Waals surface area (Å²) in [6.45, 7) is 8.77. The van der Waals surface area contributed by atoms with Crippen LogP contribution in [0.2, 0.25) is 0 Å². The van der Waals surface area contributed by atoms with E-state index in [9.17, 15) is 0 Å². The average Bonchev–Trinajstić information content (AvgIpc) is 2.30. The highest BCUT2D eigenvalue weighted by Gasteiger charge is 2.08. The molecule has 0 saturated heterocycles. The van der Waals surface area contributed by atoms with Crippen LogP contribution in [0, 0.1) is 0 Å². The van der Waals surface area contributed by atoms with E-state index in [1.54, 1.807) is 0 Å². The molecule has 0 aliphatic carbocycles.